The van der Waals surface area contributed by atoms with Gasteiger partial charge >= 0.3 is 0 Å². The van der Waals surface area contributed by atoms with Gasteiger partial charge in [0.05, 0.1) is 10.6 Å². The van der Waals surface area contributed by atoms with E-state index < -0.39 is 4.92 Å². The van der Waals surface area contributed by atoms with Crippen molar-refractivity contribution in [2.75, 3.05) is 31.1 Å². The Hall–Kier alpha value is -1.33. The minimum atomic E-state index is -0.450. The summed E-state index contributed by atoms with van der Waals surface area (Å²) in [6.07, 6.45) is 0. The van der Waals surface area contributed by atoms with Gasteiger partial charge in [-0.25, -0.2) is 0 Å². The van der Waals surface area contributed by atoms with Gasteiger partial charge in [0.25, 0.3) is 5.69 Å². The van der Waals surface area contributed by atoms with E-state index in [4.69, 9.17) is 11.6 Å². The van der Waals surface area contributed by atoms with Crippen molar-refractivity contribution >= 4 is 23.0 Å². The molecule has 0 bridgehead atoms. The van der Waals surface area contributed by atoms with Gasteiger partial charge in [-0.1, -0.05) is 17.7 Å². The maximum absolute atomic E-state index is 10.7. The van der Waals surface area contributed by atoms with Crippen LogP contribution < -0.4 is 10.2 Å². The summed E-state index contributed by atoms with van der Waals surface area (Å²) >= 11 is 6.03. The molecule has 1 N–H and O–H groups in total. The highest BCUT2D eigenvalue weighted by molar-refractivity contribution is 6.35. The highest BCUT2D eigenvalue weighted by Gasteiger charge is 2.20. The molecule has 1 aromatic rings. The highest BCUT2D eigenvalue weighted by Crippen LogP contribution is 2.34. The summed E-state index contributed by atoms with van der Waals surface area (Å²) in [5, 5.41) is 14.2. The molecule has 5 nitrogen and oxygen atoms in total. The third kappa shape index (κ3) is 2.10. The van der Waals surface area contributed by atoms with E-state index in [1.807, 2.05) is 6.07 Å². The van der Waals surface area contributed by atoms with Gasteiger partial charge in [0, 0.05) is 32.2 Å². The largest absolute Gasteiger partial charge is 0.368 e. The number of nitrogens with zero attached hydrogens (tertiary/aromatic N) is 2. The minimum Gasteiger partial charge on any atom is -0.368 e. The summed E-state index contributed by atoms with van der Waals surface area (Å²) < 4.78 is 0. The lowest BCUT2D eigenvalue weighted by Crippen LogP contribution is -2.43. The average Bonchev–Trinajstić information content (AvgIpc) is 2.30. The van der Waals surface area contributed by atoms with E-state index >= 15 is 0 Å². The Morgan fingerprint density at radius 3 is 2.69 bits per heavy atom. The Balaban J connectivity index is 2.33. The van der Waals surface area contributed by atoms with E-state index in [9.17, 15) is 10.1 Å². The number of anilines is 1. The van der Waals surface area contributed by atoms with Gasteiger partial charge < -0.3 is 10.2 Å². The molecule has 1 fully saturated rings. The van der Waals surface area contributed by atoms with E-state index in [1.54, 1.807) is 6.07 Å². The van der Waals surface area contributed by atoms with Crippen molar-refractivity contribution in [3.63, 3.8) is 0 Å². The second-order valence-electron chi connectivity index (χ2n) is 3.60. The van der Waals surface area contributed by atoms with Crippen LogP contribution in [-0.2, 0) is 0 Å². The van der Waals surface area contributed by atoms with Crippen LogP contribution in [0.4, 0.5) is 11.4 Å². The number of rotatable bonds is 2. The molecular formula is C10H12ClN3O2. The molecule has 0 radical (unpaired) electrons. The zero-order chi connectivity index (χ0) is 11.5. The van der Waals surface area contributed by atoms with E-state index in [0.717, 1.165) is 31.9 Å². The van der Waals surface area contributed by atoms with Crippen molar-refractivity contribution in [1.82, 2.24) is 5.32 Å². The number of nitro benzene ring substituents is 1. The third-order valence-electron chi connectivity index (χ3n) is 2.61. The molecule has 1 aliphatic heterocycles. The summed E-state index contributed by atoms with van der Waals surface area (Å²) in [5.41, 5.74) is 0.718. The number of hydrogen-bond donors (Lipinski definition) is 1. The van der Waals surface area contributed by atoms with Crippen LogP contribution in [0.1, 0.15) is 0 Å². The fraction of sp³-hybridized carbons (Fsp3) is 0.400. The SMILES string of the molecule is O=[N+]([O-])c1cccc(N2CCNCC2)c1Cl. The van der Waals surface area contributed by atoms with Crippen molar-refractivity contribution in [3.8, 4) is 0 Å². The van der Waals surface area contributed by atoms with Crippen LogP contribution in [0.3, 0.4) is 0 Å². The number of nitrogens with one attached hydrogen (secondary N) is 1. The number of benzene rings is 1. The Bertz CT molecular complexity index is 405. The third-order valence-corrected chi connectivity index (χ3v) is 3.00. The number of nitro groups is 1. The van der Waals surface area contributed by atoms with Crippen LogP contribution in [0.2, 0.25) is 5.02 Å². The zero-order valence-corrected chi connectivity index (χ0v) is 9.41. The summed E-state index contributed by atoms with van der Waals surface area (Å²) in [5.74, 6) is 0. The lowest BCUT2D eigenvalue weighted by molar-refractivity contribution is -0.384. The Labute approximate surface area is 98.2 Å². The van der Waals surface area contributed by atoms with Crippen LogP contribution in [-0.4, -0.2) is 31.1 Å². The van der Waals surface area contributed by atoms with E-state index in [2.05, 4.69) is 10.2 Å². The van der Waals surface area contributed by atoms with Crippen LogP contribution in [0.5, 0.6) is 0 Å². The molecule has 0 spiro atoms. The van der Waals surface area contributed by atoms with Crippen molar-refractivity contribution in [2.24, 2.45) is 0 Å². The van der Waals surface area contributed by atoms with Gasteiger partial charge in [-0.2, -0.15) is 0 Å². The molecule has 1 heterocycles. The number of halogens is 1. The molecule has 86 valence electrons. The maximum atomic E-state index is 10.7. The lowest BCUT2D eigenvalue weighted by atomic mass is 10.2. The first kappa shape index (κ1) is 11.2. The van der Waals surface area contributed by atoms with Gasteiger partial charge in [0.15, 0.2) is 0 Å². The van der Waals surface area contributed by atoms with Gasteiger partial charge in [0.2, 0.25) is 0 Å². The molecule has 0 unspecified atom stereocenters. The molecule has 1 saturated heterocycles. The van der Waals surface area contributed by atoms with Crippen molar-refractivity contribution in [3.05, 3.63) is 33.3 Å². The molecule has 0 amide bonds. The quantitative estimate of drug-likeness (QED) is 0.632. The fourth-order valence-corrected chi connectivity index (χ4v) is 2.11. The van der Waals surface area contributed by atoms with Crippen molar-refractivity contribution in [1.29, 1.82) is 0 Å². The standard InChI is InChI=1S/C10H12ClN3O2/c11-10-8(13-6-4-12-5-7-13)2-1-3-9(10)14(15)16/h1-3,12H,4-7H2. The van der Waals surface area contributed by atoms with Crippen molar-refractivity contribution in [2.45, 2.75) is 0 Å². The van der Waals surface area contributed by atoms with Gasteiger partial charge in [0.1, 0.15) is 5.02 Å². The Kier molecular flexibility index (Phi) is 3.26. The second-order valence-corrected chi connectivity index (χ2v) is 3.98. The molecule has 0 atom stereocenters. The van der Waals surface area contributed by atoms with E-state index in [-0.39, 0.29) is 10.7 Å². The predicted molar refractivity (Wildman–Crippen MR) is 63.2 cm³/mol. The summed E-state index contributed by atoms with van der Waals surface area (Å²) in [6.45, 7) is 3.39. The molecule has 0 aromatic heterocycles. The van der Waals surface area contributed by atoms with Gasteiger partial charge in [-0.05, 0) is 6.07 Å². The first-order valence-electron chi connectivity index (χ1n) is 5.08. The smallest absolute Gasteiger partial charge is 0.290 e. The number of piperazine rings is 1. The monoisotopic (exact) mass is 241 g/mol. The number of hydrogen-bond acceptors (Lipinski definition) is 4. The van der Waals surface area contributed by atoms with Crippen LogP contribution in [0.25, 0.3) is 0 Å². The molecule has 16 heavy (non-hydrogen) atoms. The van der Waals surface area contributed by atoms with Crippen LogP contribution in [0, 0.1) is 10.1 Å². The van der Waals surface area contributed by atoms with Crippen LogP contribution in [0.15, 0.2) is 18.2 Å². The zero-order valence-electron chi connectivity index (χ0n) is 8.65. The highest BCUT2D eigenvalue weighted by atomic mass is 35.5. The molecule has 0 saturated carbocycles. The molecule has 1 aromatic carbocycles. The fourth-order valence-electron chi connectivity index (χ4n) is 1.80. The normalized spacial score (nSPS) is 16.2. The maximum Gasteiger partial charge on any atom is 0.290 e. The first-order valence-corrected chi connectivity index (χ1v) is 5.46. The molecule has 6 heteroatoms. The van der Waals surface area contributed by atoms with Crippen LogP contribution >= 0.6 is 11.6 Å². The minimum absolute atomic E-state index is 0.0299. The Morgan fingerprint density at radius 1 is 1.38 bits per heavy atom. The predicted octanol–water partition coefficient (Wildman–Crippen LogP) is 1.66. The summed E-state index contributed by atoms with van der Waals surface area (Å²) in [7, 11) is 0. The molecular weight excluding hydrogens is 230 g/mol. The van der Waals surface area contributed by atoms with Crippen molar-refractivity contribution < 1.29 is 4.92 Å². The first-order chi connectivity index (χ1) is 7.70. The van der Waals surface area contributed by atoms with E-state index in [1.165, 1.54) is 6.07 Å². The summed E-state index contributed by atoms with van der Waals surface area (Å²) in [6, 6.07) is 4.91. The lowest BCUT2D eigenvalue weighted by Gasteiger charge is -2.29. The Morgan fingerprint density at radius 2 is 2.06 bits per heavy atom. The molecule has 1 aliphatic rings. The molecule has 2 rings (SSSR count). The van der Waals surface area contributed by atoms with Gasteiger partial charge in [-0.15, -0.1) is 0 Å². The van der Waals surface area contributed by atoms with E-state index in [0.29, 0.717) is 0 Å². The topological polar surface area (TPSA) is 58.4 Å². The molecule has 0 aliphatic carbocycles. The second kappa shape index (κ2) is 4.67. The average molecular weight is 242 g/mol. The van der Waals surface area contributed by atoms with Gasteiger partial charge in [-0.3, -0.25) is 10.1 Å². The summed E-state index contributed by atoms with van der Waals surface area (Å²) in [4.78, 5) is 12.4.